The maximum absolute atomic E-state index is 12.4. The molecule has 0 heterocycles. The lowest BCUT2D eigenvalue weighted by Gasteiger charge is -2.26. The first-order valence-electron chi connectivity index (χ1n) is 6.62. The summed E-state index contributed by atoms with van der Waals surface area (Å²) in [6.45, 7) is 18.7. The highest BCUT2D eigenvalue weighted by atomic mass is 16.2. The van der Waals surface area contributed by atoms with E-state index in [0.29, 0.717) is 6.42 Å². The molecular formula is C15H25NO2. The van der Waals surface area contributed by atoms with Crippen molar-refractivity contribution in [1.29, 1.82) is 0 Å². The first kappa shape index (κ1) is 16.8. The average Bonchev–Trinajstić information content (AvgIpc) is 2.24. The highest BCUT2D eigenvalue weighted by Gasteiger charge is 2.48. The zero-order valence-electron chi connectivity index (χ0n) is 12.4. The van der Waals surface area contributed by atoms with Gasteiger partial charge in [0.15, 0.2) is 0 Å². The number of ketones is 2. The molecule has 0 aromatic heterocycles. The quantitative estimate of drug-likeness (QED) is 0.513. The van der Waals surface area contributed by atoms with Crippen molar-refractivity contribution < 1.29 is 9.59 Å². The molecule has 0 aromatic carbocycles. The van der Waals surface area contributed by atoms with Crippen molar-refractivity contribution in [2.45, 2.75) is 59.9 Å². The minimum absolute atomic E-state index is 0.0649. The zero-order chi connectivity index (χ0) is 14.5. The highest BCUT2D eigenvalue weighted by molar-refractivity contribution is 6.05. The molecule has 0 saturated carbocycles. The van der Waals surface area contributed by atoms with Crippen molar-refractivity contribution in [2.24, 2.45) is 17.8 Å². The van der Waals surface area contributed by atoms with E-state index in [1.165, 1.54) is 0 Å². The van der Waals surface area contributed by atoms with Crippen LogP contribution in [0.1, 0.15) is 54.4 Å². The number of carbonyl (C=O) groups excluding carboxylic acids is 2. The molecule has 3 nitrogen and oxygen atoms in total. The maximum atomic E-state index is 12.4. The van der Waals surface area contributed by atoms with Crippen LogP contribution in [0.15, 0.2) is 0 Å². The van der Waals surface area contributed by atoms with E-state index < -0.39 is 5.54 Å². The van der Waals surface area contributed by atoms with Crippen molar-refractivity contribution in [3.63, 3.8) is 0 Å². The molecule has 0 aromatic rings. The van der Waals surface area contributed by atoms with Crippen molar-refractivity contribution >= 4 is 11.6 Å². The molecule has 0 N–H and O–H groups in total. The molecule has 102 valence electrons. The molecule has 0 aliphatic rings. The van der Waals surface area contributed by atoms with Crippen LogP contribution >= 0.6 is 0 Å². The van der Waals surface area contributed by atoms with E-state index >= 15 is 0 Å². The van der Waals surface area contributed by atoms with Crippen LogP contribution in [0.4, 0.5) is 0 Å². The Morgan fingerprint density at radius 1 is 1.11 bits per heavy atom. The first-order chi connectivity index (χ1) is 8.17. The second kappa shape index (κ2) is 6.68. The van der Waals surface area contributed by atoms with Gasteiger partial charge in [-0.05, 0) is 5.92 Å². The standard InChI is InChI=1S/C15H25NO2/c1-10(2)9-15(16-7,12(5)6)14(18)8-13(17)11(3)4/h10-12H,8-9H2,1-6H3. The summed E-state index contributed by atoms with van der Waals surface area (Å²) in [5, 5.41) is 0. The topological polar surface area (TPSA) is 38.5 Å². The Bertz CT molecular complexity index is 350. The summed E-state index contributed by atoms with van der Waals surface area (Å²) in [6.07, 6.45) is 0.420. The van der Waals surface area contributed by atoms with Crippen LogP contribution in [0.25, 0.3) is 4.85 Å². The Labute approximate surface area is 111 Å². The van der Waals surface area contributed by atoms with Crippen LogP contribution in [0, 0.1) is 24.3 Å². The monoisotopic (exact) mass is 251 g/mol. The van der Waals surface area contributed by atoms with Gasteiger partial charge in [-0.15, -0.1) is 0 Å². The van der Waals surface area contributed by atoms with E-state index in [1.54, 1.807) is 13.8 Å². The lowest BCUT2D eigenvalue weighted by Crippen LogP contribution is -2.43. The molecule has 0 bridgehead atoms. The molecule has 1 atom stereocenters. The van der Waals surface area contributed by atoms with Crippen LogP contribution in [-0.4, -0.2) is 17.1 Å². The molecule has 3 heteroatoms. The Balaban J connectivity index is 5.16. The number of nitrogens with zero attached hydrogens (tertiary/aromatic N) is 1. The van der Waals surface area contributed by atoms with Gasteiger partial charge in [0.25, 0.3) is 5.54 Å². The van der Waals surface area contributed by atoms with Crippen molar-refractivity contribution in [3.05, 3.63) is 11.4 Å². The number of hydrogen-bond acceptors (Lipinski definition) is 2. The predicted octanol–water partition coefficient (Wildman–Crippen LogP) is 3.53. The number of hydrogen-bond donors (Lipinski definition) is 0. The van der Waals surface area contributed by atoms with Crippen LogP contribution in [0.5, 0.6) is 0 Å². The van der Waals surface area contributed by atoms with Gasteiger partial charge in [0.05, 0.1) is 6.42 Å². The van der Waals surface area contributed by atoms with Gasteiger partial charge in [0.2, 0.25) is 5.78 Å². The summed E-state index contributed by atoms with van der Waals surface area (Å²) >= 11 is 0. The van der Waals surface area contributed by atoms with Crippen molar-refractivity contribution in [3.8, 4) is 0 Å². The van der Waals surface area contributed by atoms with Gasteiger partial charge in [0, 0.05) is 18.3 Å². The van der Waals surface area contributed by atoms with E-state index in [2.05, 4.69) is 4.85 Å². The van der Waals surface area contributed by atoms with Gasteiger partial charge in [-0.25, -0.2) is 6.57 Å². The van der Waals surface area contributed by atoms with Gasteiger partial charge in [0.1, 0.15) is 5.78 Å². The Kier molecular flexibility index (Phi) is 6.25. The summed E-state index contributed by atoms with van der Waals surface area (Å²) in [5.41, 5.74) is -1.03. The highest BCUT2D eigenvalue weighted by Crippen LogP contribution is 2.32. The van der Waals surface area contributed by atoms with E-state index in [-0.39, 0.29) is 35.7 Å². The molecule has 0 amide bonds. The fourth-order valence-electron chi connectivity index (χ4n) is 2.05. The fraction of sp³-hybridized carbons (Fsp3) is 0.800. The predicted molar refractivity (Wildman–Crippen MR) is 73.1 cm³/mol. The third-order valence-electron chi connectivity index (χ3n) is 3.34. The molecule has 0 aliphatic carbocycles. The molecule has 18 heavy (non-hydrogen) atoms. The van der Waals surface area contributed by atoms with Gasteiger partial charge >= 0.3 is 0 Å². The SMILES string of the molecule is [C-]#[N+]C(CC(C)C)(C(=O)CC(=O)C(C)C)C(C)C. The summed E-state index contributed by atoms with van der Waals surface area (Å²) in [7, 11) is 0. The van der Waals surface area contributed by atoms with Gasteiger partial charge in [-0.3, -0.25) is 9.59 Å². The molecule has 0 spiro atoms. The third-order valence-corrected chi connectivity index (χ3v) is 3.34. The first-order valence-corrected chi connectivity index (χ1v) is 6.62. The third kappa shape index (κ3) is 3.94. The molecule has 0 fully saturated rings. The minimum atomic E-state index is -1.03. The van der Waals surface area contributed by atoms with Crippen molar-refractivity contribution in [2.75, 3.05) is 0 Å². The van der Waals surface area contributed by atoms with Crippen molar-refractivity contribution in [1.82, 2.24) is 0 Å². The molecule has 0 radical (unpaired) electrons. The second-order valence-corrected chi connectivity index (χ2v) is 6.01. The lowest BCUT2D eigenvalue weighted by atomic mass is 9.75. The van der Waals surface area contributed by atoms with Gasteiger partial charge in [-0.2, -0.15) is 0 Å². The smallest absolute Gasteiger partial charge is 0.292 e. The summed E-state index contributed by atoms with van der Waals surface area (Å²) in [6, 6.07) is 0. The zero-order valence-corrected chi connectivity index (χ0v) is 12.4. The average molecular weight is 251 g/mol. The largest absolute Gasteiger partial charge is 0.302 e. The summed E-state index contributed by atoms with van der Waals surface area (Å²) < 4.78 is 0. The lowest BCUT2D eigenvalue weighted by molar-refractivity contribution is -0.131. The van der Waals surface area contributed by atoms with Crippen LogP contribution in [0.3, 0.4) is 0 Å². The number of carbonyl (C=O) groups is 2. The summed E-state index contributed by atoms with van der Waals surface area (Å²) in [4.78, 5) is 27.7. The molecule has 0 rings (SSSR count). The molecule has 0 aliphatic heterocycles. The summed E-state index contributed by atoms with van der Waals surface area (Å²) in [5.74, 6) is -0.231. The van der Waals surface area contributed by atoms with E-state index in [9.17, 15) is 9.59 Å². The van der Waals surface area contributed by atoms with Crippen LogP contribution in [0.2, 0.25) is 0 Å². The van der Waals surface area contributed by atoms with E-state index in [1.807, 2.05) is 27.7 Å². The fourth-order valence-corrected chi connectivity index (χ4v) is 2.05. The molecular weight excluding hydrogens is 226 g/mol. The Hall–Kier alpha value is -1.17. The maximum Gasteiger partial charge on any atom is 0.292 e. The number of Topliss-reactive ketones (excluding diaryl/α,β-unsaturated/α-hetero) is 2. The minimum Gasteiger partial charge on any atom is -0.302 e. The second-order valence-electron chi connectivity index (χ2n) is 6.01. The van der Waals surface area contributed by atoms with Crippen LogP contribution < -0.4 is 0 Å². The van der Waals surface area contributed by atoms with E-state index in [4.69, 9.17) is 6.57 Å². The molecule has 0 saturated heterocycles. The van der Waals surface area contributed by atoms with Gasteiger partial charge < -0.3 is 4.85 Å². The van der Waals surface area contributed by atoms with Crippen LogP contribution in [-0.2, 0) is 9.59 Å². The Morgan fingerprint density at radius 2 is 1.61 bits per heavy atom. The normalized spacial score (nSPS) is 14.7. The van der Waals surface area contributed by atoms with Gasteiger partial charge in [-0.1, -0.05) is 41.5 Å². The Morgan fingerprint density at radius 3 is 1.89 bits per heavy atom. The molecule has 1 unspecified atom stereocenters. The number of rotatable bonds is 7. The van der Waals surface area contributed by atoms with E-state index in [0.717, 1.165) is 0 Å².